The molecule has 3 nitrogen and oxygen atoms in total. The van der Waals surface area contributed by atoms with Crippen molar-refractivity contribution < 1.29 is 0 Å². The van der Waals surface area contributed by atoms with Crippen LogP contribution in [0, 0.1) is 0 Å². The molecule has 3 rings (SSSR count). The summed E-state index contributed by atoms with van der Waals surface area (Å²) in [6.45, 7) is 0. The van der Waals surface area contributed by atoms with Gasteiger partial charge in [0.05, 0.1) is 7.05 Å². The van der Waals surface area contributed by atoms with Gasteiger partial charge in [0, 0.05) is 37.4 Å². The summed E-state index contributed by atoms with van der Waals surface area (Å²) in [7, 11) is 2.26. The Labute approximate surface area is 120 Å². The van der Waals surface area contributed by atoms with Crippen molar-refractivity contribution in [3.63, 3.8) is 0 Å². The lowest BCUT2D eigenvalue weighted by Gasteiger charge is -2.40. The first-order chi connectivity index (χ1) is 9.82. The van der Waals surface area contributed by atoms with E-state index in [1.165, 1.54) is 32.1 Å². The van der Waals surface area contributed by atoms with Crippen LogP contribution in [0.5, 0.6) is 0 Å². The lowest BCUT2D eigenvalue weighted by Crippen LogP contribution is -2.51. The van der Waals surface area contributed by atoms with E-state index in [0.29, 0.717) is 6.04 Å². The Balaban J connectivity index is 2.07. The molecule has 104 valence electrons. The van der Waals surface area contributed by atoms with Gasteiger partial charge in [-0.15, -0.1) is 0 Å². The molecule has 3 heteroatoms. The van der Waals surface area contributed by atoms with Gasteiger partial charge in [-0.2, -0.15) is 0 Å². The number of hydrogen-bond acceptors (Lipinski definition) is 2. The van der Waals surface area contributed by atoms with Crippen LogP contribution in [0.1, 0.15) is 32.1 Å². The van der Waals surface area contributed by atoms with Crippen molar-refractivity contribution in [1.82, 2.24) is 14.5 Å². The summed E-state index contributed by atoms with van der Waals surface area (Å²) < 4.78 is 0.724. The summed E-state index contributed by atoms with van der Waals surface area (Å²) in [6.07, 6.45) is 10.3. The molecule has 0 aromatic carbocycles. The summed E-state index contributed by atoms with van der Waals surface area (Å²) in [6, 6.07) is 12.9. The quantitative estimate of drug-likeness (QED) is 0.784. The molecule has 0 aliphatic heterocycles. The molecular formula is C17H22N3+. The molecule has 0 bridgehead atoms. The molecule has 0 N–H and O–H groups in total. The average molecular weight is 268 g/mol. The van der Waals surface area contributed by atoms with Crippen LogP contribution >= 0.6 is 0 Å². The van der Waals surface area contributed by atoms with Gasteiger partial charge in [-0.3, -0.25) is 0 Å². The monoisotopic (exact) mass is 268 g/mol. The zero-order valence-electron chi connectivity index (χ0n) is 12.1. The molecule has 0 atom stereocenters. The van der Waals surface area contributed by atoms with Gasteiger partial charge in [0.2, 0.25) is 11.6 Å². The third kappa shape index (κ3) is 2.34. The molecule has 2 aromatic heterocycles. The minimum atomic E-state index is 0.577. The molecule has 0 unspecified atom stereocenters. The smallest absolute Gasteiger partial charge is 0.226 e. The first-order valence-corrected chi connectivity index (χ1v) is 7.51. The summed E-state index contributed by atoms with van der Waals surface area (Å²) in [4.78, 5) is 9.27. The van der Waals surface area contributed by atoms with E-state index in [0.717, 1.165) is 16.1 Å². The second-order valence-electron chi connectivity index (χ2n) is 5.74. The highest BCUT2D eigenvalue weighted by Crippen LogP contribution is 2.37. The van der Waals surface area contributed by atoms with Gasteiger partial charge in [-0.25, -0.2) is 14.5 Å². The zero-order valence-corrected chi connectivity index (χ0v) is 12.1. The number of hydrogen-bond donors (Lipinski definition) is 0. The SMILES string of the molecule is C[N+](c1ccccn1)(c1ccccn1)C1CCCCC1. The topological polar surface area (TPSA) is 25.8 Å². The maximum atomic E-state index is 4.63. The van der Waals surface area contributed by atoms with Crippen LogP contribution in [0.25, 0.3) is 0 Å². The van der Waals surface area contributed by atoms with Crippen molar-refractivity contribution in [3.8, 4) is 0 Å². The molecular weight excluding hydrogens is 246 g/mol. The van der Waals surface area contributed by atoms with E-state index in [2.05, 4.69) is 41.3 Å². The predicted octanol–water partition coefficient (Wildman–Crippen LogP) is 4.08. The highest BCUT2D eigenvalue weighted by atomic mass is 15.4. The molecule has 0 radical (unpaired) electrons. The molecule has 1 aliphatic carbocycles. The van der Waals surface area contributed by atoms with Crippen LogP contribution in [0.2, 0.25) is 0 Å². The lowest BCUT2D eigenvalue weighted by molar-refractivity contribution is 0.251. The normalized spacial score (nSPS) is 17.1. The van der Waals surface area contributed by atoms with Gasteiger partial charge in [0.1, 0.15) is 6.04 Å². The van der Waals surface area contributed by atoms with E-state index in [4.69, 9.17) is 0 Å². The zero-order chi connectivity index (χ0) is 13.8. The minimum absolute atomic E-state index is 0.577. The predicted molar refractivity (Wildman–Crippen MR) is 82.7 cm³/mol. The summed E-state index contributed by atoms with van der Waals surface area (Å²) in [5, 5.41) is 0. The highest BCUT2D eigenvalue weighted by Gasteiger charge is 2.40. The number of aromatic nitrogens is 2. The fraction of sp³-hybridized carbons (Fsp3) is 0.412. The second-order valence-corrected chi connectivity index (χ2v) is 5.74. The maximum Gasteiger partial charge on any atom is 0.233 e. The summed E-state index contributed by atoms with van der Waals surface area (Å²) in [5.74, 6) is 2.19. The number of nitrogens with zero attached hydrogens (tertiary/aromatic N) is 3. The number of pyridine rings is 2. The van der Waals surface area contributed by atoms with Crippen LogP contribution in [-0.2, 0) is 0 Å². The van der Waals surface area contributed by atoms with Crippen molar-refractivity contribution in [2.24, 2.45) is 0 Å². The fourth-order valence-electron chi connectivity index (χ4n) is 3.35. The van der Waals surface area contributed by atoms with Gasteiger partial charge < -0.3 is 0 Å². The summed E-state index contributed by atoms with van der Waals surface area (Å²) >= 11 is 0. The number of quaternary nitrogens is 1. The van der Waals surface area contributed by atoms with Gasteiger partial charge in [-0.05, 0) is 25.0 Å². The maximum absolute atomic E-state index is 4.63. The molecule has 20 heavy (non-hydrogen) atoms. The highest BCUT2D eigenvalue weighted by molar-refractivity contribution is 5.50. The van der Waals surface area contributed by atoms with Crippen molar-refractivity contribution in [3.05, 3.63) is 48.8 Å². The Bertz CT molecular complexity index is 493. The fourth-order valence-corrected chi connectivity index (χ4v) is 3.35. The van der Waals surface area contributed by atoms with Gasteiger partial charge >= 0.3 is 0 Å². The molecule has 0 spiro atoms. The summed E-state index contributed by atoms with van der Waals surface area (Å²) in [5.41, 5.74) is 0. The van der Waals surface area contributed by atoms with Crippen LogP contribution in [-0.4, -0.2) is 23.1 Å². The van der Waals surface area contributed by atoms with Gasteiger partial charge in [-0.1, -0.05) is 18.6 Å². The molecule has 2 aromatic rings. The van der Waals surface area contributed by atoms with E-state index >= 15 is 0 Å². The van der Waals surface area contributed by atoms with Crippen LogP contribution in [0.4, 0.5) is 11.6 Å². The Hall–Kier alpha value is -1.74. The van der Waals surface area contributed by atoms with Gasteiger partial charge in [0.25, 0.3) is 0 Å². The van der Waals surface area contributed by atoms with Crippen molar-refractivity contribution in [1.29, 1.82) is 0 Å². The molecule has 0 amide bonds. The van der Waals surface area contributed by atoms with E-state index in [9.17, 15) is 0 Å². The number of rotatable bonds is 3. The molecule has 1 fully saturated rings. The van der Waals surface area contributed by atoms with Crippen molar-refractivity contribution in [2.75, 3.05) is 7.05 Å². The van der Waals surface area contributed by atoms with E-state index in [1.54, 1.807) is 0 Å². The van der Waals surface area contributed by atoms with E-state index in [1.807, 2.05) is 24.5 Å². The van der Waals surface area contributed by atoms with E-state index in [-0.39, 0.29) is 0 Å². The minimum Gasteiger partial charge on any atom is -0.226 e. The first-order valence-electron chi connectivity index (χ1n) is 7.51. The molecule has 1 aliphatic rings. The van der Waals surface area contributed by atoms with Crippen LogP contribution in [0.15, 0.2) is 48.8 Å². The Kier molecular flexibility index (Phi) is 3.79. The largest absolute Gasteiger partial charge is 0.233 e. The third-order valence-corrected chi connectivity index (χ3v) is 4.56. The Morgan fingerprint density at radius 2 is 1.40 bits per heavy atom. The van der Waals surface area contributed by atoms with Crippen molar-refractivity contribution in [2.45, 2.75) is 38.1 Å². The Morgan fingerprint density at radius 1 is 0.850 bits per heavy atom. The third-order valence-electron chi connectivity index (χ3n) is 4.56. The van der Waals surface area contributed by atoms with Crippen molar-refractivity contribution >= 4 is 11.6 Å². The lowest BCUT2D eigenvalue weighted by atomic mass is 9.92. The molecule has 0 saturated heterocycles. The average Bonchev–Trinajstić information content (AvgIpc) is 2.56. The van der Waals surface area contributed by atoms with Crippen LogP contribution < -0.4 is 4.48 Å². The Morgan fingerprint density at radius 3 is 1.85 bits per heavy atom. The van der Waals surface area contributed by atoms with E-state index < -0.39 is 0 Å². The first kappa shape index (κ1) is 13.3. The van der Waals surface area contributed by atoms with Crippen LogP contribution in [0.3, 0.4) is 0 Å². The second kappa shape index (κ2) is 5.71. The molecule has 2 heterocycles. The van der Waals surface area contributed by atoms with Gasteiger partial charge in [0.15, 0.2) is 0 Å². The molecule has 1 saturated carbocycles. The standard InChI is InChI=1S/C17H22N3/c1-20(15-9-3-2-4-10-15,16-11-5-7-13-18-16)17-12-6-8-14-19-17/h5-8,11-15H,2-4,9-10H2,1H3/q+1.